The highest BCUT2D eigenvalue weighted by Gasteiger charge is 2.26. The third kappa shape index (κ3) is 3.80. The second-order valence-corrected chi connectivity index (χ2v) is 8.05. The van der Waals surface area contributed by atoms with Gasteiger partial charge < -0.3 is 14.5 Å². The normalized spacial score (nSPS) is 14.2. The fraction of sp³-hybridized carbons (Fsp3) is 0.333. The maximum atomic E-state index is 12.9. The number of carbonyl (C=O) groups is 1. The molecule has 0 spiro atoms. The van der Waals surface area contributed by atoms with E-state index in [-0.39, 0.29) is 11.6 Å². The molecule has 0 atom stereocenters. The lowest BCUT2D eigenvalue weighted by Gasteiger charge is -2.34. The number of ether oxygens (including phenoxy) is 1. The minimum absolute atomic E-state index is 0.0274. The highest BCUT2D eigenvalue weighted by molar-refractivity contribution is 7.22. The first-order chi connectivity index (χ1) is 14.5. The highest BCUT2D eigenvalue weighted by Crippen LogP contribution is 2.32. The molecule has 0 bridgehead atoms. The molecule has 0 unspecified atom stereocenters. The second kappa shape index (κ2) is 8.27. The molecule has 1 saturated heterocycles. The maximum absolute atomic E-state index is 12.9. The van der Waals surface area contributed by atoms with Crippen LogP contribution in [0.3, 0.4) is 0 Å². The van der Waals surface area contributed by atoms with Gasteiger partial charge >= 0.3 is 0 Å². The molecular formula is C21H22N4O4S. The Morgan fingerprint density at radius 3 is 2.70 bits per heavy atom. The quantitative estimate of drug-likeness (QED) is 0.454. The van der Waals surface area contributed by atoms with Crippen molar-refractivity contribution >= 4 is 38.3 Å². The lowest BCUT2D eigenvalue weighted by molar-refractivity contribution is -0.385. The predicted octanol–water partition coefficient (Wildman–Crippen LogP) is 3.87. The smallest absolute Gasteiger partial charge is 0.273 e. The van der Waals surface area contributed by atoms with Crippen LogP contribution in [-0.4, -0.2) is 53.5 Å². The number of nitrogens with zero attached hydrogens (tertiary/aromatic N) is 4. The van der Waals surface area contributed by atoms with Gasteiger partial charge in [0.15, 0.2) is 5.13 Å². The van der Waals surface area contributed by atoms with E-state index in [1.54, 1.807) is 35.3 Å². The first-order valence-corrected chi connectivity index (χ1v) is 10.6. The maximum Gasteiger partial charge on any atom is 0.273 e. The molecule has 4 rings (SSSR count). The zero-order valence-corrected chi connectivity index (χ0v) is 17.6. The van der Waals surface area contributed by atoms with Crippen molar-refractivity contribution in [3.05, 3.63) is 57.6 Å². The van der Waals surface area contributed by atoms with Crippen LogP contribution in [0, 0.1) is 17.0 Å². The first-order valence-electron chi connectivity index (χ1n) is 9.79. The average Bonchev–Trinajstić information content (AvgIpc) is 3.17. The van der Waals surface area contributed by atoms with Crippen LogP contribution in [0.4, 0.5) is 10.8 Å². The van der Waals surface area contributed by atoms with Crippen LogP contribution in [0.5, 0.6) is 5.75 Å². The first kappa shape index (κ1) is 20.1. The number of nitro groups is 1. The molecule has 1 amide bonds. The largest absolute Gasteiger partial charge is 0.494 e. The van der Waals surface area contributed by atoms with Crippen molar-refractivity contribution in [2.24, 2.45) is 0 Å². The van der Waals surface area contributed by atoms with E-state index in [1.807, 2.05) is 25.1 Å². The Kier molecular flexibility index (Phi) is 5.54. The summed E-state index contributed by atoms with van der Waals surface area (Å²) in [6.45, 7) is 6.62. The topological polar surface area (TPSA) is 88.8 Å². The number of aromatic nitrogens is 1. The molecule has 1 aromatic heterocycles. The molecule has 9 heteroatoms. The zero-order chi connectivity index (χ0) is 21.3. The van der Waals surface area contributed by atoms with Gasteiger partial charge in [0.25, 0.3) is 11.6 Å². The van der Waals surface area contributed by atoms with Gasteiger partial charge in [0.05, 0.1) is 21.7 Å². The number of piperazine rings is 1. The minimum Gasteiger partial charge on any atom is -0.494 e. The fourth-order valence-corrected chi connectivity index (χ4v) is 4.65. The van der Waals surface area contributed by atoms with Crippen molar-refractivity contribution in [3.8, 4) is 5.75 Å². The minimum atomic E-state index is -0.450. The van der Waals surface area contributed by atoms with Gasteiger partial charge in [0.2, 0.25) is 0 Å². The molecule has 1 aliphatic heterocycles. The van der Waals surface area contributed by atoms with Crippen molar-refractivity contribution in [1.82, 2.24) is 9.88 Å². The summed E-state index contributed by atoms with van der Waals surface area (Å²) in [5.41, 5.74) is 1.71. The predicted molar refractivity (Wildman–Crippen MR) is 117 cm³/mol. The average molecular weight is 426 g/mol. The SMILES string of the molecule is CCOc1ccc2nc(N3CCN(C(=O)c4cccc([N+](=O)[O-])c4C)CC3)sc2c1. The van der Waals surface area contributed by atoms with Crippen LogP contribution < -0.4 is 9.64 Å². The molecular weight excluding hydrogens is 404 g/mol. The molecule has 8 nitrogen and oxygen atoms in total. The number of thiazole rings is 1. The van der Waals surface area contributed by atoms with E-state index < -0.39 is 4.92 Å². The number of fused-ring (bicyclic) bond motifs is 1. The number of amides is 1. The van der Waals surface area contributed by atoms with Gasteiger partial charge in [-0.3, -0.25) is 14.9 Å². The summed E-state index contributed by atoms with van der Waals surface area (Å²) in [6, 6.07) is 10.5. The Morgan fingerprint density at radius 1 is 1.23 bits per heavy atom. The summed E-state index contributed by atoms with van der Waals surface area (Å²) in [5, 5.41) is 12.1. The molecule has 2 aromatic carbocycles. The summed E-state index contributed by atoms with van der Waals surface area (Å²) in [5.74, 6) is 0.671. The lowest BCUT2D eigenvalue weighted by atomic mass is 10.1. The van der Waals surface area contributed by atoms with Crippen LogP contribution in [0.2, 0.25) is 0 Å². The van der Waals surface area contributed by atoms with Crippen LogP contribution in [0.1, 0.15) is 22.8 Å². The molecule has 30 heavy (non-hydrogen) atoms. The van der Waals surface area contributed by atoms with Crippen LogP contribution in [-0.2, 0) is 0 Å². The number of carbonyl (C=O) groups excluding carboxylic acids is 1. The Balaban J connectivity index is 1.46. The Morgan fingerprint density at radius 2 is 2.00 bits per heavy atom. The van der Waals surface area contributed by atoms with E-state index in [4.69, 9.17) is 9.72 Å². The molecule has 1 aliphatic rings. The molecule has 0 aliphatic carbocycles. The molecule has 1 fully saturated rings. The Bertz CT molecular complexity index is 1110. The van der Waals surface area contributed by atoms with Crippen molar-refractivity contribution < 1.29 is 14.5 Å². The molecule has 0 N–H and O–H groups in total. The van der Waals surface area contributed by atoms with Crippen LogP contribution in [0.25, 0.3) is 10.2 Å². The highest BCUT2D eigenvalue weighted by atomic mass is 32.1. The molecule has 0 saturated carbocycles. The van der Waals surface area contributed by atoms with Gasteiger partial charge in [-0.1, -0.05) is 17.4 Å². The number of hydrogen-bond acceptors (Lipinski definition) is 7. The fourth-order valence-electron chi connectivity index (χ4n) is 3.61. The van der Waals surface area contributed by atoms with Gasteiger partial charge in [0.1, 0.15) is 5.75 Å². The van der Waals surface area contributed by atoms with Gasteiger partial charge in [-0.25, -0.2) is 4.98 Å². The lowest BCUT2D eigenvalue weighted by Crippen LogP contribution is -2.48. The summed E-state index contributed by atoms with van der Waals surface area (Å²) in [6.07, 6.45) is 0. The zero-order valence-electron chi connectivity index (χ0n) is 16.8. The van der Waals surface area contributed by atoms with Gasteiger partial charge in [-0.15, -0.1) is 0 Å². The van der Waals surface area contributed by atoms with Crippen LogP contribution >= 0.6 is 11.3 Å². The van der Waals surface area contributed by atoms with E-state index >= 15 is 0 Å². The molecule has 3 aromatic rings. The molecule has 156 valence electrons. The van der Waals surface area contributed by atoms with E-state index in [2.05, 4.69) is 4.90 Å². The number of hydrogen-bond donors (Lipinski definition) is 0. The third-order valence-electron chi connectivity index (χ3n) is 5.23. The second-order valence-electron chi connectivity index (χ2n) is 7.05. The van der Waals surface area contributed by atoms with Crippen molar-refractivity contribution in [2.45, 2.75) is 13.8 Å². The summed E-state index contributed by atoms with van der Waals surface area (Å²) in [7, 11) is 0. The number of anilines is 1. The Labute approximate surface area is 177 Å². The standard InChI is InChI=1S/C21H22N4O4S/c1-3-29-15-7-8-17-19(13-15)30-21(22-17)24-11-9-23(10-12-24)20(26)16-5-4-6-18(14(16)2)25(27)28/h4-8,13H,3,9-12H2,1-2H3. The number of nitro benzene ring substituents is 1. The van der Waals surface area contributed by atoms with E-state index in [0.29, 0.717) is 43.9 Å². The third-order valence-corrected chi connectivity index (χ3v) is 6.31. The summed E-state index contributed by atoms with van der Waals surface area (Å²) < 4.78 is 6.63. The van der Waals surface area contributed by atoms with Crippen LogP contribution in [0.15, 0.2) is 36.4 Å². The van der Waals surface area contributed by atoms with E-state index in [1.165, 1.54) is 6.07 Å². The van der Waals surface area contributed by atoms with Crippen molar-refractivity contribution in [3.63, 3.8) is 0 Å². The summed E-state index contributed by atoms with van der Waals surface area (Å²) in [4.78, 5) is 32.3. The monoisotopic (exact) mass is 426 g/mol. The Hall–Kier alpha value is -3.20. The number of benzene rings is 2. The van der Waals surface area contributed by atoms with Gasteiger partial charge in [-0.2, -0.15) is 0 Å². The van der Waals surface area contributed by atoms with E-state index in [0.717, 1.165) is 21.1 Å². The van der Waals surface area contributed by atoms with Crippen molar-refractivity contribution in [1.29, 1.82) is 0 Å². The summed E-state index contributed by atoms with van der Waals surface area (Å²) >= 11 is 1.61. The van der Waals surface area contributed by atoms with Gasteiger partial charge in [-0.05, 0) is 38.1 Å². The molecule has 2 heterocycles. The van der Waals surface area contributed by atoms with Gasteiger partial charge in [0, 0.05) is 43.4 Å². The number of rotatable bonds is 5. The van der Waals surface area contributed by atoms with E-state index in [9.17, 15) is 14.9 Å². The molecule has 0 radical (unpaired) electrons. The van der Waals surface area contributed by atoms with Crippen molar-refractivity contribution in [2.75, 3.05) is 37.7 Å².